The molecule has 0 saturated carbocycles. The Bertz CT molecular complexity index is 911. The highest BCUT2D eigenvalue weighted by Crippen LogP contribution is 2.27. The summed E-state index contributed by atoms with van der Waals surface area (Å²) < 4.78 is 7.18. The van der Waals surface area contributed by atoms with Crippen molar-refractivity contribution < 1.29 is 4.74 Å². The summed E-state index contributed by atoms with van der Waals surface area (Å²) in [6.07, 6.45) is 1.89. The second-order valence-electron chi connectivity index (χ2n) is 6.88. The molecule has 0 aliphatic rings. The van der Waals surface area contributed by atoms with Crippen molar-refractivity contribution in [2.24, 2.45) is 0 Å². The normalized spacial score (nSPS) is 10.9. The van der Waals surface area contributed by atoms with Crippen LogP contribution in [0.4, 0.5) is 0 Å². The van der Waals surface area contributed by atoms with Gasteiger partial charge < -0.3 is 4.74 Å². The van der Waals surface area contributed by atoms with E-state index in [1.807, 2.05) is 65.5 Å². The minimum Gasteiger partial charge on any atom is -0.497 e. The van der Waals surface area contributed by atoms with Crippen molar-refractivity contribution in [3.8, 4) is 34.0 Å². The van der Waals surface area contributed by atoms with Gasteiger partial charge >= 0.3 is 0 Å². The molecular weight excluding hydrogens is 324 g/mol. The molecule has 0 unspecified atom stereocenters. The fourth-order valence-corrected chi connectivity index (χ4v) is 2.96. The number of hydrogen-bond donors (Lipinski definition) is 0. The molecule has 0 radical (unpaired) electrons. The predicted molar refractivity (Wildman–Crippen MR) is 106 cm³/mol. The van der Waals surface area contributed by atoms with Crippen molar-refractivity contribution in [1.82, 2.24) is 9.78 Å². The number of rotatable bonds is 3. The maximum atomic E-state index is 5.26. The van der Waals surface area contributed by atoms with E-state index < -0.39 is 8.07 Å². The van der Waals surface area contributed by atoms with E-state index >= 15 is 0 Å². The predicted octanol–water partition coefficient (Wildman–Crippen LogP) is 4.78. The van der Waals surface area contributed by atoms with Gasteiger partial charge in [-0.3, -0.25) is 0 Å². The molecular formula is C21H22N2OSi. The molecule has 3 nitrogen and oxygen atoms in total. The number of ether oxygens (including phenoxy) is 1. The highest BCUT2D eigenvalue weighted by atomic mass is 28.3. The molecule has 3 aromatic rings. The van der Waals surface area contributed by atoms with Gasteiger partial charge in [0.25, 0.3) is 0 Å². The zero-order valence-corrected chi connectivity index (χ0v) is 16.1. The maximum absolute atomic E-state index is 5.26. The molecule has 0 amide bonds. The largest absolute Gasteiger partial charge is 0.497 e. The first-order valence-electron chi connectivity index (χ1n) is 8.29. The van der Waals surface area contributed by atoms with Crippen molar-refractivity contribution >= 4 is 8.07 Å². The smallest absolute Gasteiger partial charge is 0.129 e. The third kappa shape index (κ3) is 4.01. The Balaban J connectivity index is 2.14. The Morgan fingerprint density at radius 1 is 0.960 bits per heavy atom. The minimum atomic E-state index is -1.50. The van der Waals surface area contributed by atoms with Crippen LogP contribution in [0.5, 0.6) is 5.75 Å². The van der Waals surface area contributed by atoms with Gasteiger partial charge in [-0.2, -0.15) is 5.10 Å². The number of para-hydroxylation sites is 1. The third-order valence-electron chi connectivity index (χ3n) is 3.73. The average molecular weight is 347 g/mol. The fraction of sp³-hybridized carbons (Fsp3) is 0.190. The van der Waals surface area contributed by atoms with Crippen molar-refractivity contribution in [1.29, 1.82) is 0 Å². The second-order valence-corrected chi connectivity index (χ2v) is 11.6. The lowest BCUT2D eigenvalue weighted by Gasteiger charge is -2.08. The molecule has 4 heteroatoms. The van der Waals surface area contributed by atoms with Crippen LogP contribution in [0.3, 0.4) is 0 Å². The maximum Gasteiger partial charge on any atom is 0.129 e. The molecule has 0 saturated heterocycles. The molecule has 2 aromatic carbocycles. The van der Waals surface area contributed by atoms with Crippen molar-refractivity contribution in [3.05, 3.63) is 66.5 Å². The lowest BCUT2D eigenvalue weighted by atomic mass is 10.1. The van der Waals surface area contributed by atoms with E-state index in [2.05, 4.69) is 36.2 Å². The van der Waals surface area contributed by atoms with Crippen LogP contribution in [0.25, 0.3) is 16.8 Å². The quantitative estimate of drug-likeness (QED) is 0.504. The van der Waals surface area contributed by atoms with E-state index in [0.29, 0.717) is 0 Å². The Morgan fingerprint density at radius 2 is 1.64 bits per heavy atom. The summed E-state index contributed by atoms with van der Waals surface area (Å²) in [5, 5.41) is 4.60. The summed E-state index contributed by atoms with van der Waals surface area (Å²) in [6, 6.07) is 18.1. The summed E-state index contributed by atoms with van der Waals surface area (Å²) in [5.41, 5.74) is 7.54. The number of nitrogens with zero attached hydrogens (tertiary/aromatic N) is 2. The van der Waals surface area contributed by atoms with Gasteiger partial charge in [0.05, 0.1) is 19.0 Å². The van der Waals surface area contributed by atoms with Gasteiger partial charge in [-0.15, -0.1) is 5.54 Å². The average Bonchev–Trinajstić information content (AvgIpc) is 3.04. The Labute approximate surface area is 150 Å². The first kappa shape index (κ1) is 17.1. The molecule has 0 aliphatic carbocycles. The van der Waals surface area contributed by atoms with Gasteiger partial charge in [0.1, 0.15) is 19.5 Å². The van der Waals surface area contributed by atoms with Crippen LogP contribution >= 0.6 is 0 Å². The Kier molecular flexibility index (Phi) is 4.78. The van der Waals surface area contributed by atoms with E-state index in [1.54, 1.807) is 7.11 Å². The van der Waals surface area contributed by atoms with Crippen LogP contribution in [-0.2, 0) is 0 Å². The van der Waals surface area contributed by atoms with Crippen LogP contribution in [0.15, 0.2) is 60.8 Å². The summed E-state index contributed by atoms with van der Waals surface area (Å²) in [4.78, 5) is 0. The van der Waals surface area contributed by atoms with Crippen LogP contribution in [-0.4, -0.2) is 25.0 Å². The topological polar surface area (TPSA) is 27.1 Å². The molecule has 0 N–H and O–H groups in total. The van der Waals surface area contributed by atoms with Crippen LogP contribution in [0.2, 0.25) is 19.6 Å². The third-order valence-corrected chi connectivity index (χ3v) is 4.60. The first-order chi connectivity index (χ1) is 12.0. The van der Waals surface area contributed by atoms with Crippen molar-refractivity contribution in [2.75, 3.05) is 7.11 Å². The van der Waals surface area contributed by atoms with Crippen LogP contribution in [0, 0.1) is 11.5 Å². The van der Waals surface area contributed by atoms with E-state index in [1.165, 1.54) is 0 Å². The zero-order valence-electron chi connectivity index (χ0n) is 15.1. The highest BCUT2D eigenvalue weighted by molar-refractivity contribution is 6.83. The van der Waals surface area contributed by atoms with E-state index in [-0.39, 0.29) is 0 Å². The molecule has 0 atom stereocenters. The van der Waals surface area contributed by atoms with Gasteiger partial charge in [-0.05, 0) is 29.8 Å². The number of methoxy groups -OCH3 is 1. The fourth-order valence-electron chi connectivity index (χ4n) is 2.46. The first-order valence-corrected chi connectivity index (χ1v) is 11.8. The minimum absolute atomic E-state index is 0.842. The van der Waals surface area contributed by atoms with Gasteiger partial charge in [0, 0.05) is 5.56 Å². The summed E-state index contributed by atoms with van der Waals surface area (Å²) >= 11 is 0. The lowest BCUT2D eigenvalue weighted by molar-refractivity contribution is 0.415. The number of aromatic nitrogens is 2. The van der Waals surface area contributed by atoms with Crippen molar-refractivity contribution in [3.63, 3.8) is 0 Å². The monoisotopic (exact) mass is 346 g/mol. The molecule has 0 aliphatic heterocycles. The highest BCUT2D eigenvalue weighted by Gasteiger charge is 2.14. The van der Waals surface area contributed by atoms with Gasteiger partial charge in [0.2, 0.25) is 0 Å². The summed E-state index contributed by atoms with van der Waals surface area (Å²) in [6.45, 7) is 6.74. The van der Waals surface area contributed by atoms with Crippen molar-refractivity contribution in [2.45, 2.75) is 19.6 Å². The zero-order chi connectivity index (χ0) is 17.9. The standard InChI is InChI=1S/C21H22N2OSi/c1-24-19-12-10-17(11-13-19)20-16-22-23(18-8-6-5-7-9-18)21(20)14-15-25(2,3)4/h5-13,16H,1-4H3. The lowest BCUT2D eigenvalue weighted by Crippen LogP contribution is -2.16. The molecule has 1 heterocycles. The van der Waals surface area contributed by atoms with Gasteiger partial charge in [-0.1, -0.05) is 55.9 Å². The SMILES string of the molecule is COc1ccc(-c2cnn(-c3ccccc3)c2C#C[Si](C)(C)C)cc1. The van der Waals surface area contributed by atoms with Gasteiger partial charge in [-0.25, -0.2) is 4.68 Å². The van der Waals surface area contributed by atoms with Crippen LogP contribution in [0.1, 0.15) is 5.69 Å². The summed E-state index contributed by atoms with van der Waals surface area (Å²) in [5.74, 6) is 4.25. The van der Waals surface area contributed by atoms with E-state index in [0.717, 1.165) is 28.3 Å². The molecule has 126 valence electrons. The molecule has 25 heavy (non-hydrogen) atoms. The molecule has 0 fully saturated rings. The van der Waals surface area contributed by atoms with Gasteiger partial charge in [0.15, 0.2) is 0 Å². The molecule has 0 bridgehead atoms. The summed E-state index contributed by atoms with van der Waals surface area (Å²) in [7, 11) is 0.176. The molecule has 1 aromatic heterocycles. The number of hydrogen-bond acceptors (Lipinski definition) is 2. The Hall–Kier alpha value is -2.77. The molecule has 3 rings (SSSR count). The van der Waals surface area contributed by atoms with Crippen LogP contribution < -0.4 is 4.74 Å². The second kappa shape index (κ2) is 7.00. The van der Waals surface area contributed by atoms with E-state index in [9.17, 15) is 0 Å². The number of benzene rings is 2. The Morgan fingerprint density at radius 3 is 2.24 bits per heavy atom. The molecule has 0 spiro atoms. The van der Waals surface area contributed by atoms with E-state index in [4.69, 9.17) is 4.74 Å².